The van der Waals surface area contributed by atoms with Crippen molar-refractivity contribution in [3.8, 4) is 0 Å². The van der Waals surface area contributed by atoms with Gasteiger partial charge >= 0.3 is 0 Å². The molecule has 0 aromatic heterocycles. The fourth-order valence-electron chi connectivity index (χ4n) is 1.29. The van der Waals surface area contributed by atoms with Crippen LogP contribution < -0.4 is 11.1 Å². The van der Waals surface area contributed by atoms with Crippen molar-refractivity contribution in [2.24, 2.45) is 0 Å². The summed E-state index contributed by atoms with van der Waals surface area (Å²) >= 11 is 5.79. The standard InChI is InChI=1S/C11H15ClN2O2/c1-2-10(6-15)14-11(16)7-3-8(12)5-9(13)4-7/h3-5,10,15H,2,6,13H2,1H3,(H,14,16). The zero-order valence-corrected chi connectivity index (χ0v) is 9.79. The highest BCUT2D eigenvalue weighted by Gasteiger charge is 2.12. The Morgan fingerprint density at radius 2 is 2.25 bits per heavy atom. The molecule has 0 spiro atoms. The molecule has 0 aliphatic heterocycles. The summed E-state index contributed by atoms with van der Waals surface area (Å²) in [5, 5.41) is 12.1. The largest absolute Gasteiger partial charge is 0.399 e. The minimum absolute atomic E-state index is 0.0850. The van der Waals surface area contributed by atoms with Crippen LogP contribution in [-0.4, -0.2) is 23.7 Å². The lowest BCUT2D eigenvalue weighted by molar-refractivity contribution is 0.0915. The van der Waals surface area contributed by atoms with Crippen LogP contribution in [-0.2, 0) is 0 Å². The first-order valence-electron chi connectivity index (χ1n) is 5.04. The molecule has 0 aliphatic rings. The van der Waals surface area contributed by atoms with Crippen LogP contribution in [0.5, 0.6) is 0 Å². The number of amides is 1. The number of hydrogen-bond acceptors (Lipinski definition) is 3. The first kappa shape index (κ1) is 12.8. The second kappa shape index (κ2) is 5.72. The van der Waals surface area contributed by atoms with Crippen LogP contribution in [0.4, 0.5) is 5.69 Å². The fraction of sp³-hybridized carbons (Fsp3) is 0.364. The van der Waals surface area contributed by atoms with Crippen LogP contribution in [0.25, 0.3) is 0 Å². The van der Waals surface area contributed by atoms with E-state index in [0.29, 0.717) is 22.7 Å². The Hall–Kier alpha value is -1.26. The summed E-state index contributed by atoms with van der Waals surface area (Å²) in [4.78, 5) is 11.7. The lowest BCUT2D eigenvalue weighted by atomic mass is 10.1. The van der Waals surface area contributed by atoms with E-state index in [-0.39, 0.29) is 18.6 Å². The molecular weight excluding hydrogens is 228 g/mol. The van der Waals surface area contributed by atoms with E-state index >= 15 is 0 Å². The first-order valence-corrected chi connectivity index (χ1v) is 5.42. The number of anilines is 1. The Morgan fingerprint density at radius 3 is 2.75 bits per heavy atom. The normalized spacial score (nSPS) is 12.2. The highest BCUT2D eigenvalue weighted by molar-refractivity contribution is 6.31. The number of aliphatic hydroxyl groups is 1. The van der Waals surface area contributed by atoms with Gasteiger partial charge in [-0.25, -0.2) is 0 Å². The number of carbonyl (C=O) groups excluding carboxylic acids is 1. The number of carbonyl (C=O) groups is 1. The van der Waals surface area contributed by atoms with Crippen LogP contribution in [0.1, 0.15) is 23.7 Å². The minimum Gasteiger partial charge on any atom is -0.399 e. The molecule has 4 N–H and O–H groups in total. The maximum absolute atomic E-state index is 11.7. The molecule has 0 fully saturated rings. The van der Waals surface area contributed by atoms with Gasteiger partial charge in [0.05, 0.1) is 12.6 Å². The molecule has 0 radical (unpaired) electrons. The van der Waals surface area contributed by atoms with Gasteiger partial charge in [0, 0.05) is 16.3 Å². The van der Waals surface area contributed by atoms with E-state index in [1.54, 1.807) is 12.1 Å². The van der Waals surface area contributed by atoms with E-state index in [1.165, 1.54) is 6.07 Å². The van der Waals surface area contributed by atoms with Gasteiger partial charge in [0.15, 0.2) is 0 Å². The molecular formula is C11H15ClN2O2. The van der Waals surface area contributed by atoms with Crippen LogP contribution in [0.2, 0.25) is 5.02 Å². The molecule has 1 unspecified atom stereocenters. The Labute approximate surface area is 99.4 Å². The van der Waals surface area contributed by atoms with Gasteiger partial charge in [0.25, 0.3) is 5.91 Å². The molecule has 88 valence electrons. The van der Waals surface area contributed by atoms with Gasteiger partial charge in [-0.05, 0) is 24.6 Å². The number of halogens is 1. The third-order valence-corrected chi connectivity index (χ3v) is 2.45. The predicted octanol–water partition coefficient (Wildman–Crippen LogP) is 1.42. The Morgan fingerprint density at radius 1 is 1.56 bits per heavy atom. The van der Waals surface area contributed by atoms with Crippen molar-refractivity contribution in [1.29, 1.82) is 0 Å². The van der Waals surface area contributed by atoms with Crippen LogP contribution in [0.3, 0.4) is 0 Å². The molecule has 0 saturated heterocycles. The van der Waals surface area contributed by atoms with E-state index < -0.39 is 0 Å². The summed E-state index contributed by atoms with van der Waals surface area (Å²) in [6.07, 6.45) is 0.665. The van der Waals surface area contributed by atoms with Gasteiger partial charge in [-0.15, -0.1) is 0 Å². The van der Waals surface area contributed by atoms with Crippen molar-refractivity contribution < 1.29 is 9.90 Å². The zero-order chi connectivity index (χ0) is 12.1. The Bertz CT molecular complexity index is 358. The minimum atomic E-state index is -0.282. The van der Waals surface area contributed by atoms with Crippen molar-refractivity contribution in [2.45, 2.75) is 19.4 Å². The number of nitrogens with one attached hydrogen (secondary N) is 1. The molecule has 4 nitrogen and oxygen atoms in total. The second-order valence-corrected chi connectivity index (χ2v) is 3.97. The maximum atomic E-state index is 11.7. The summed E-state index contributed by atoms with van der Waals surface area (Å²) in [6, 6.07) is 4.41. The topological polar surface area (TPSA) is 75.3 Å². The van der Waals surface area contributed by atoms with Crippen LogP contribution in [0.15, 0.2) is 18.2 Å². The SMILES string of the molecule is CCC(CO)NC(=O)c1cc(N)cc(Cl)c1. The molecule has 0 heterocycles. The van der Waals surface area contributed by atoms with Gasteiger partial charge in [-0.2, -0.15) is 0 Å². The maximum Gasteiger partial charge on any atom is 0.251 e. The molecule has 0 bridgehead atoms. The average Bonchev–Trinajstić information content (AvgIpc) is 2.24. The number of nitrogens with two attached hydrogens (primary N) is 1. The average molecular weight is 243 g/mol. The molecule has 5 heteroatoms. The molecule has 1 amide bonds. The lowest BCUT2D eigenvalue weighted by Crippen LogP contribution is -2.36. The van der Waals surface area contributed by atoms with E-state index in [1.807, 2.05) is 6.92 Å². The van der Waals surface area contributed by atoms with Gasteiger partial charge in [-0.3, -0.25) is 4.79 Å². The molecule has 0 saturated carbocycles. The smallest absolute Gasteiger partial charge is 0.251 e. The summed E-state index contributed by atoms with van der Waals surface area (Å²) in [5.41, 5.74) is 6.42. The van der Waals surface area contributed by atoms with Crippen molar-refractivity contribution in [1.82, 2.24) is 5.32 Å². The molecule has 0 aliphatic carbocycles. The van der Waals surface area contributed by atoms with Gasteiger partial charge in [0.1, 0.15) is 0 Å². The molecule has 1 aromatic rings. The summed E-state index contributed by atoms with van der Waals surface area (Å²) in [5.74, 6) is -0.282. The van der Waals surface area contributed by atoms with Gasteiger partial charge in [-0.1, -0.05) is 18.5 Å². The van der Waals surface area contributed by atoms with Crippen molar-refractivity contribution in [2.75, 3.05) is 12.3 Å². The first-order chi connectivity index (χ1) is 7.56. The molecule has 1 aromatic carbocycles. The monoisotopic (exact) mass is 242 g/mol. The van der Waals surface area contributed by atoms with Crippen LogP contribution >= 0.6 is 11.6 Å². The number of hydrogen-bond donors (Lipinski definition) is 3. The number of rotatable bonds is 4. The highest BCUT2D eigenvalue weighted by atomic mass is 35.5. The summed E-state index contributed by atoms with van der Waals surface area (Å²) in [6.45, 7) is 1.80. The number of aliphatic hydroxyl groups excluding tert-OH is 1. The van der Waals surface area contributed by atoms with Gasteiger partial charge in [0.2, 0.25) is 0 Å². The van der Waals surface area contributed by atoms with Crippen molar-refractivity contribution in [3.05, 3.63) is 28.8 Å². The van der Waals surface area contributed by atoms with Crippen molar-refractivity contribution >= 4 is 23.2 Å². The quantitative estimate of drug-likeness (QED) is 0.699. The van der Waals surface area contributed by atoms with Crippen molar-refractivity contribution in [3.63, 3.8) is 0 Å². The second-order valence-electron chi connectivity index (χ2n) is 3.53. The van der Waals surface area contributed by atoms with Gasteiger partial charge < -0.3 is 16.2 Å². The third kappa shape index (κ3) is 3.40. The molecule has 1 rings (SSSR count). The highest BCUT2D eigenvalue weighted by Crippen LogP contribution is 2.16. The summed E-state index contributed by atoms with van der Waals surface area (Å²) in [7, 11) is 0. The molecule has 16 heavy (non-hydrogen) atoms. The van der Waals surface area contributed by atoms with E-state index in [4.69, 9.17) is 22.4 Å². The van der Waals surface area contributed by atoms with E-state index in [2.05, 4.69) is 5.32 Å². The van der Waals surface area contributed by atoms with E-state index in [9.17, 15) is 4.79 Å². The zero-order valence-electron chi connectivity index (χ0n) is 9.03. The summed E-state index contributed by atoms with van der Waals surface area (Å²) < 4.78 is 0. The molecule has 1 atom stereocenters. The number of benzene rings is 1. The predicted molar refractivity (Wildman–Crippen MR) is 64.5 cm³/mol. The Kier molecular flexibility index (Phi) is 4.58. The number of nitrogen functional groups attached to an aromatic ring is 1. The fourth-order valence-corrected chi connectivity index (χ4v) is 1.53. The Balaban J connectivity index is 2.80. The third-order valence-electron chi connectivity index (χ3n) is 2.23. The van der Waals surface area contributed by atoms with Crippen LogP contribution in [0, 0.1) is 0 Å². The lowest BCUT2D eigenvalue weighted by Gasteiger charge is -2.14. The van der Waals surface area contributed by atoms with E-state index in [0.717, 1.165) is 0 Å².